The molecule has 0 fully saturated rings. The van der Waals surface area contributed by atoms with Gasteiger partial charge >= 0.3 is 0 Å². The number of aliphatic imine (C=N–C) groups is 2. The van der Waals surface area contributed by atoms with Crippen LogP contribution < -0.4 is 0 Å². The molecule has 6 heteroatoms. The smallest absolute Gasteiger partial charge is 0.124 e. The van der Waals surface area contributed by atoms with E-state index in [9.17, 15) is 10.2 Å². The van der Waals surface area contributed by atoms with E-state index in [4.69, 9.17) is 9.98 Å². The van der Waals surface area contributed by atoms with Gasteiger partial charge < -0.3 is 10.2 Å². The summed E-state index contributed by atoms with van der Waals surface area (Å²) >= 11 is 4.48. The van der Waals surface area contributed by atoms with Crippen molar-refractivity contribution in [3.05, 3.63) is 113 Å². The van der Waals surface area contributed by atoms with E-state index >= 15 is 0 Å². The van der Waals surface area contributed by atoms with Crippen molar-refractivity contribution in [2.24, 2.45) is 9.98 Å². The standard InChI is InChI=1S/2C19H22INO/c2*1-12(2)16-6-5-7-17(13(3)4)19(16)21-11-14-10-15(20)8-9-18(14)22/h2*5-13,22H,1-4H3. The molecule has 0 heterocycles. The van der Waals surface area contributed by atoms with Gasteiger partial charge in [-0.2, -0.15) is 0 Å². The van der Waals surface area contributed by atoms with Crippen molar-refractivity contribution in [3.63, 3.8) is 0 Å². The third-order valence-corrected chi connectivity index (χ3v) is 8.67. The van der Waals surface area contributed by atoms with Gasteiger partial charge in [0.05, 0.1) is 11.4 Å². The summed E-state index contributed by atoms with van der Waals surface area (Å²) < 4.78 is 2.16. The first-order valence-electron chi connectivity index (χ1n) is 15.1. The number of rotatable bonds is 8. The Morgan fingerprint density at radius 1 is 0.500 bits per heavy atom. The van der Waals surface area contributed by atoms with Crippen LogP contribution in [0.4, 0.5) is 11.4 Å². The Morgan fingerprint density at radius 2 is 0.795 bits per heavy atom. The Hall–Kier alpha value is -2.72. The van der Waals surface area contributed by atoms with Crippen LogP contribution in [0.3, 0.4) is 0 Å². The maximum absolute atomic E-state index is 9.98. The molecule has 232 valence electrons. The number of hydrogen-bond donors (Lipinski definition) is 2. The molecule has 0 radical (unpaired) electrons. The van der Waals surface area contributed by atoms with Crippen molar-refractivity contribution in [2.75, 3.05) is 0 Å². The minimum Gasteiger partial charge on any atom is -0.507 e. The number of phenolic OH excluding ortho intramolecular Hbond substituents is 2. The number of nitrogens with zero attached hydrogens (tertiary/aromatic N) is 2. The lowest BCUT2D eigenvalue weighted by Gasteiger charge is -2.16. The van der Waals surface area contributed by atoms with Crippen molar-refractivity contribution in [1.29, 1.82) is 0 Å². The van der Waals surface area contributed by atoms with Crippen molar-refractivity contribution < 1.29 is 10.2 Å². The summed E-state index contributed by atoms with van der Waals surface area (Å²) in [5.41, 5.74) is 8.54. The topological polar surface area (TPSA) is 65.2 Å². The van der Waals surface area contributed by atoms with Crippen molar-refractivity contribution in [2.45, 2.75) is 79.1 Å². The molecular formula is C38H44I2N2O2. The maximum atomic E-state index is 9.98. The van der Waals surface area contributed by atoms with Gasteiger partial charge in [-0.15, -0.1) is 0 Å². The van der Waals surface area contributed by atoms with Gasteiger partial charge in [-0.05, 0) is 128 Å². The van der Waals surface area contributed by atoms with Crippen LogP contribution in [0.15, 0.2) is 82.8 Å². The van der Waals surface area contributed by atoms with Crippen LogP contribution in [-0.2, 0) is 0 Å². The Balaban J connectivity index is 0.000000240. The second kappa shape index (κ2) is 16.5. The van der Waals surface area contributed by atoms with E-state index in [1.807, 2.05) is 24.3 Å². The van der Waals surface area contributed by atoms with Gasteiger partial charge in [-0.3, -0.25) is 9.98 Å². The summed E-state index contributed by atoms with van der Waals surface area (Å²) in [6, 6.07) is 23.8. The second-order valence-corrected chi connectivity index (χ2v) is 14.6. The first-order chi connectivity index (χ1) is 20.8. The summed E-state index contributed by atoms with van der Waals surface area (Å²) in [6.45, 7) is 17.5. The molecule has 0 saturated heterocycles. The zero-order valence-electron chi connectivity index (χ0n) is 26.9. The zero-order valence-corrected chi connectivity index (χ0v) is 31.3. The first-order valence-corrected chi connectivity index (χ1v) is 17.3. The monoisotopic (exact) mass is 814 g/mol. The lowest BCUT2D eigenvalue weighted by Crippen LogP contribution is -1.96. The van der Waals surface area contributed by atoms with E-state index < -0.39 is 0 Å². The molecule has 0 bridgehead atoms. The van der Waals surface area contributed by atoms with Crippen LogP contribution in [0.25, 0.3) is 0 Å². The van der Waals surface area contributed by atoms with Crippen molar-refractivity contribution in [1.82, 2.24) is 0 Å². The van der Waals surface area contributed by atoms with E-state index in [1.54, 1.807) is 24.6 Å². The number of para-hydroxylation sites is 2. The minimum atomic E-state index is 0.261. The van der Waals surface area contributed by atoms with E-state index in [0.29, 0.717) is 23.7 Å². The van der Waals surface area contributed by atoms with Crippen molar-refractivity contribution >= 4 is 69.0 Å². The van der Waals surface area contributed by atoms with Gasteiger partial charge in [-0.25, -0.2) is 0 Å². The van der Waals surface area contributed by atoms with E-state index in [2.05, 4.69) is 137 Å². The fourth-order valence-corrected chi connectivity index (χ4v) is 5.88. The van der Waals surface area contributed by atoms with Crippen LogP contribution in [0.1, 0.15) is 112 Å². The number of benzene rings is 4. The molecule has 0 aliphatic carbocycles. The highest BCUT2D eigenvalue weighted by Crippen LogP contribution is 2.36. The van der Waals surface area contributed by atoms with E-state index in [-0.39, 0.29) is 11.5 Å². The van der Waals surface area contributed by atoms with Gasteiger partial charge in [0.1, 0.15) is 11.5 Å². The molecule has 4 nitrogen and oxygen atoms in total. The summed E-state index contributed by atoms with van der Waals surface area (Å²) in [5, 5.41) is 20.0. The van der Waals surface area contributed by atoms with E-state index in [0.717, 1.165) is 29.6 Å². The summed E-state index contributed by atoms with van der Waals surface area (Å²) in [5.74, 6) is 2.17. The number of hydrogen-bond acceptors (Lipinski definition) is 4. The quantitative estimate of drug-likeness (QED) is 0.137. The lowest BCUT2D eigenvalue weighted by atomic mass is 9.93. The van der Waals surface area contributed by atoms with Crippen LogP contribution in [-0.4, -0.2) is 22.6 Å². The number of phenols is 2. The molecular weight excluding hydrogens is 770 g/mol. The lowest BCUT2D eigenvalue weighted by molar-refractivity contribution is 0.474. The Kier molecular flexibility index (Phi) is 13.4. The molecule has 0 amide bonds. The summed E-state index contributed by atoms with van der Waals surface area (Å²) in [4.78, 5) is 9.46. The van der Waals surface area contributed by atoms with Crippen LogP contribution in [0.5, 0.6) is 11.5 Å². The molecule has 0 aliphatic rings. The molecule has 2 N–H and O–H groups in total. The van der Waals surface area contributed by atoms with Gasteiger partial charge in [0.15, 0.2) is 0 Å². The van der Waals surface area contributed by atoms with Gasteiger partial charge in [0.2, 0.25) is 0 Å². The molecule has 0 aliphatic heterocycles. The molecule has 4 aromatic rings. The molecule has 0 atom stereocenters. The van der Waals surface area contributed by atoms with Crippen molar-refractivity contribution in [3.8, 4) is 11.5 Å². The molecule has 4 rings (SSSR count). The predicted molar refractivity (Wildman–Crippen MR) is 205 cm³/mol. The fraction of sp³-hybridized carbons (Fsp3) is 0.316. The third kappa shape index (κ3) is 9.64. The summed E-state index contributed by atoms with van der Waals surface area (Å²) in [7, 11) is 0. The fourth-order valence-electron chi connectivity index (χ4n) is 4.85. The molecule has 4 aromatic carbocycles. The van der Waals surface area contributed by atoms with Crippen LogP contribution >= 0.6 is 45.2 Å². The van der Waals surface area contributed by atoms with Gasteiger partial charge in [-0.1, -0.05) is 91.8 Å². The Morgan fingerprint density at radius 3 is 1.07 bits per heavy atom. The molecule has 44 heavy (non-hydrogen) atoms. The molecule has 0 unspecified atom stereocenters. The highest BCUT2D eigenvalue weighted by Gasteiger charge is 2.14. The van der Waals surface area contributed by atoms with Gasteiger partial charge in [0, 0.05) is 30.7 Å². The molecule has 0 aromatic heterocycles. The predicted octanol–water partition coefficient (Wildman–Crippen LogP) is 12.0. The Labute approximate surface area is 291 Å². The molecule has 0 spiro atoms. The van der Waals surface area contributed by atoms with Crippen LogP contribution in [0.2, 0.25) is 0 Å². The second-order valence-electron chi connectivity index (χ2n) is 12.1. The number of halogens is 2. The highest BCUT2D eigenvalue weighted by molar-refractivity contribution is 14.1. The number of aromatic hydroxyl groups is 2. The largest absolute Gasteiger partial charge is 0.507 e. The SMILES string of the molecule is CC(C)c1cccc(C(C)C)c1N=Cc1cc(I)ccc1O.CC(C)c1cccc(C(C)C)c1N=Cc1cc(I)ccc1O. The third-order valence-electron chi connectivity index (χ3n) is 7.33. The minimum absolute atomic E-state index is 0.261. The maximum Gasteiger partial charge on any atom is 0.124 e. The molecule has 0 saturated carbocycles. The van der Waals surface area contributed by atoms with Crippen LogP contribution in [0, 0.1) is 7.14 Å². The average molecular weight is 815 g/mol. The Bertz CT molecular complexity index is 1450. The zero-order chi connectivity index (χ0) is 32.6. The average Bonchev–Trinajstić information content (AvgIpc) is 2.97. The van der Waals surface area contributed by atoms with Gasteiger partial charge in [0.25, 0.3) is 0 Å². The first kappa shape index (κ1) is 35.8. The highest BCUT2D eigenvalue weighted by atomic mass is 127. The van der Waals surface area contributed by atoms with E-state index in [1.165, 1.54) is 22.3 Å². The summed E-state index contributed by atoms with van der Waals surface area (Å²) in [6.07, 6.45) is 3.54. The normalized spacial score (nSPS) is 11.8.